The van der Waals surface area contributed by atoms with Crippen molar-refractivity contribution in [3.8, 4) is 0 Å². The van der Waals surface area contributed by atoms with E-state index >= 15 is 0 Å². The van der Waals surface area contributed by atoms with E-state index in [1.54, 1.807) is 6.07 Å². The second-order valence-corrected chi connectivity index (χ2v) is 6.73. The van der Waals surface area contributed by atoms with Gasteiger partial charge in [-0.25, -0.2) is 0 Å². The minimum Gasteiger partial charge on any atom is -0.300 e. The summed E-state index contributed by atoms with van der Waals surface area (Å²) in [5.41, 5.74) is 0.357. The second-order valence-electron chi connectivity index (χ2n) is 6.73. The topological polar surface area (TPSA) is 3.24 Å². The summed E-state index contributed by atoms with van der Waals surface area (Å²) in [5, 5.41) is 0. The molecule has 0 N–H and O–H groups in total. The molecule has 1 nitrogen and oxygen atoms in total. The highest BCUT2D eigenvalue weighted by Gasteiger charge is 2.32. The third-order valence-corrected chi connectivity index (χ3v) is 5.29. The van der Waals surface area contributed by atoms with Crippen molar-refractivity contribution in [1.82, 2.24) is 4.90 Å². The van der Waals surface area contributed by atoms with Crippen LogP contribution in [0.4, 0.5) is 13.2 Å². The summed E-state index contributed by atoms with van der Waals surface area (Å²) >= 11 is 0. The molecular formula is C18H25ClF3N. The van der Waals surface area contributed by atoms with Crippen LogP contribution in [0, 0.1) is 0 Å². The van der Waals surface area contributed by atoms with Crippen molar-refractivity contribution in [3.63, 3.8) is 0 Å². The maximum absolute atomic E-state index is 12.8. The molecule has 2 aliphatic rings. The Morgan fingerprint density at radius 3 is 2.17 bits per heavy atom. The van der Waals surface area contributed by atoms with Crippen LogP contribution in [0.3, 0.4) is 0 Å². The third-order valence-electron chi connectivity index (χ3n) is 5.29. The molecule has 0 amide bonds. The smallest absolute Gasteiger partial charge is 0.300 e. The van der Waals surface area contributed by atoms with Crippen molar-refractivity contribution < 1.29 is 13.2 Å². The van der Waals surface area contributed by atoms with Crippen LogP contribution in [0.5, 0.6) is 0 Å². The van der Waals surface area contributed by atoms with Crippen LogP contribution in [-0.4, -0.2) is 24.0 Å². The fourth-order valence-electron chi connectivity index (χ4n) is 4.03. The Morgan fingerprint density at radius 1 is 0.913 bits per heavy atom. The molecule has 0 radical (unpaired) electrons. The van der Waals surface area contributed by atoms with Gasteiger partial charge in [-0.1, -0.05) is 24.6 Å². The number of hydrogen-bond donors (Lipinski definition) is 0. The summed E-state index contributed by atoms with van der Waals surface area (Å²) < 4.78 is 38.5. The fraction of sp³-hybridized carbons (Fsp3) is 0.667. The van der Waals surface area contributed by atoms with Gasteiger partial charge in [0.2, 0.25) is 0 Å². The lowest BCUT2D eigenvalue weighted by Gasteiger charge is -2.39. The molecule has 0 aromatic heterocycles. The molecular weight excluding hydrogens is 323 g/mol. The molecule has 0 atom stereocenters. The van der Waals surface area contributed by atoms with E-state index < -0.39 is 11.7 Å². The standard InChI is InChI=1S/C18H24F3N.ClH/c19-18(20,21)16-6-4-5-15(13-16)14-7-9-17(10-8-14)22-11-2-1-3-12-22;/h4-6,13-14,17H,1-3,7-12H2;1H. The SMILES string of the molecule is Cl.FC(F)(F)c1cccc(C2CCC(N3CCCCC3)CC2)c1. The van der Waals surface area contributed by atoms with Gasteiger partial charge in [0.15, 0.2) is 0 Å². The molecule has 0 bridgehead atoms. The Balaban J connectivity index is 0.00000192. The molecule has 1 aliphatic heterocycles. The van der Waals surface area contributed by atoms with Gasteiger partial charge in [-0.3, -0.25) is 0 Å². The van der Waals surface area contributed by atoms with Gasteiger partial charge >= 0.3 is 6.18 Å². The van der Waals surface area contributed by atoms with Gasteiger partial charge in [0.25, 0.3) is 0 Å². The average Bonchev–Trinajstić information content (AvgIpc) is 2.55. The lowest BCUT2D eigenvalue weighted by molar-refractivity contribution is -0.137. The molecule has 1 saturated heterocycles. The van der Waals surface area contributed by atoms with Crippen molar-refractivity contribution in [2.75, 3.05) is 13.1 Å². The zero-order valence-electron chi connectivity index (χ0n) is 13.3. The number of piperidine rings is 1. The van der Waals surface area contributed by atoms with E-state index in [2.05, 4.69) is 4.90 Å². The van der Waals surface area contributed by atoms with Gasteiger partial charge in [-0.15, -0.1) is 12.4 Å². The molecule has 1 saturated carbocycles. The molecule has 1 aromatic rings. The van der Waals surface area contributed by atoms with Gasteiger partial charge in [-0.05, 0) is 69.2 Å². The van der Waals surface area contributed by atoms with Crippen LogP contribution in [0.2, 0.25) is 0 Å². The number of nitrogens with zero attached hydrogens (tertiary/aromatic N) is 1. The summed E-state index contributed by atoms with van der Waals surface area (Å²) in [6.07, 6.45) is 3.99. The van der Waals surface area contributed by atoms with Crippen LogP contribution < -0.4 is 0 Å². The number of alkyl halides is 3. The molecule has 1 aliphatic carbocycles. The van der Waals surface area contributed by atoms with Crippen molar-refractivity contribution in [2.45, 2.75) is 63.1 Å². The summed E-state index contributed by atoms with van der Waals surface area (Å²) in [4.78, 5) is 2.60. The van der Waals surface area contributed by atoms with Gasteiger partial charge in [0.05, 0.1) is 5.56 Å². The van der Waals surface area contributed by atoms with E-state index in [4.69, 9.17) is 0 Å². The van der Waals surface area contributed by atoms with Crippen molar-refractivity contribution in [1.29, 1.82) is 0 Å². The fourth-order valence-corrected chi connectivity index (χ4v) is 4.03. The van der Waals surface area contributed by atoms with Crippen molar-refractivity contribution >= 4 is 12.4 Å². The first kappa shape index (κ1) is 18.6. The van der Waals surface area contributed by atoms with E-state index in [1.807, 2.05) is 6.07 Å². The molecule has 5 heteroatoms. The van der Waals surface area contributed by atoms with Crippen LogP contribution in [0.15, 0.2) is 24.3 Å². The number of benzene rings is 1. The predicted octanol–water partition coefficient (Wildman–Crippen LogP) is 5.64. The molecule has 1 heterocycles. The van der Waals surface area contributed by atoms with Gasteiger partial charge in [0.1, 0.15) is 0 Å². The number of halogens is 4. The summed E-state index contributed by atoms with van der Waals surface area (Å²) in [6.45, 7) is 2.41. The quantitative estimate of drug-likeness (QED) is 0.669. The largest absolute Gasteiger partial charge is 0.416 e. The normalized spacial score (nSPS) is 26.6. The van der Waals surface area contributed by atoms with E-state index in [0.717, 1.165) is 31.2 Å². The van der Waals surface area contributed by atoms with E-state index in [1.165, 1.54) is 44.5 Å². The van der Waals surface area contributed by atoms with Crippen molar-refractivity contribution in [3.05, 3.63) is 35.4 Å². The molecule has 130 valence electrons. The third kappa shape index (κ3) is 4.63. The predicted molar refractivity (Wildman–Crippen MR) is 89.1 cm³/mol. The maximum Gasteiger partial charge on any atom is 0.416 e. The lowest BCUT2D eigenvalue weighted by atomic mass is 9.80. The van der Waals surface area contributed by atoms with Gasteiger partial charge in [0, 0.05) is 6.04 Å². The zero-order chi connectivity index (χ0) is 15.6. The zero-order valence-corrected chi connectivity index (χ0v) is 14.1. The Hall–Kier alpha value is -0.740. The van der Waals surface area contributed by atoms with Crippen LogP contribution in [0.25, 0.3) is 0 Å². The number of rotatable bonds is 2. The summed E-state index contributed by atoms with van der Waals surface area (Å²) in [7, 11) is 0. The van der Waals surface area contributed by atoms with E-state index in [-0.39, 0.29) is 12.4 Å². The number of hydrogen-bond acceptors (Lipinski definition) is 1. The molecule has 1 aromatic carbocycles. The molecule has 0 unspecified atom stereocenters. The lowest BCUT2D eigenvalue weighted by Crippen LogP contribution is -2.41. The first-order valence-corrected chi connectivity index (χ1v) is 8.45. The highest BCUT2D eigenvalue weighted by atomic mass is 35.5. The minimum atomic E-state index is -4.24. The first-order chi connectivity index (χ1) is 10.5. The second kappa shape index (κ2) is 7.89. The Morgan fingerprint density at radius 2 is 1.57 bits per heavy atom. The van der Waals surface area contributed by atoms with Gasteiger partial charge in [-0.2, -0.15) is 13.2 Å². The van der Waals surface area contributed by atoms with Crippen LogP contribution in [0.1, 0.15) is 62.0 Å². The summed E-state index contributed by atoms with van der Waals surface area (Å²) in [6, 6.07) is 6.59. The maximum atomic E-state index is 12.8. The van der Waals surface area contributed by atoms with Crippen LogP contribution in [-0.2, 0) is 6.18 Å². The molecule has 2 fully saturated rings. The van der Waals surface area contributed by atoms with E-state index in [9.17, 15) is 13.2 Å². The molecule has 3 rings (SSSR count). The van der Waals surface area contributed by atoms with E-state index in [0.29, 0.717) is 12.0 Å². The molecule has 23 heavy (non-hydrogen) atoms. The Kier molecular flexibility index (Phi) is 6.38. The van der Waals surface area contributed by atoms with Gasteiger partial charge < -0.3 is 4.90 Å². The monoisotopic (exact) mass is 347 g/mol. The molecule has 0 spiro atoms. The summed E-state index contributed by atoms with van der Waals surface area (Å²) in [5.74, 6) is 0.295. The number of likely N-dealkylation sites (tertiary alicyclic amines) is 1. The minimum absolute atomic E-state index is 0. The Bertz CT molecular complexity index is 489. The van der Waals surface area contributed by atoms with Crippen LogP contribution >= 0.6 is 12.4 Å². The highest BCUT2D eigenvalue weighted by Crippen LogP contribution is 2.38. The first-order valence-electron chi connectivity index (χ1n) is 8.45. The highest BCUT2D eigenvalue weighted by molar-refractivity contribution is 5.85. The Labute approximate surface area is 142 Å². The van der Waals surface area contributed by atoms with Crippen molar-refractivity contribution in [2.24, 2.45) is 0 Å². The average molecular weight is 348 g/mol.